The lowest BCUT2D eigenvalue weighted by molar-refractivity contribution is -0.385. The van der Waals surface area contributed by atoms with Gasteiger partial charge in [0.05, 0.1) is 23.8 Å². The van der Waals surface area contributed by atoms with E-state index in [0.717, 1.165) is 18.3 Å². The summed E-state index contributed by atoms with van der Waals surface area (Å²) in [6.07, 6.45) is -0.397. The van der Waals surface area contributed by atoms with Gasteiger partial charge in [-0.25, -0.2) is 5.43 Å². The molecule has 2 aromatic rings. The number of phenols is 1. The minimum atomic E-state index is -1.42. The lowest BCUT2D eigenvalue weighted by atomic mass is 10.1. The van der Waals surface area contributed by atoms with Crippen molar-refractivity contribution in [1.82, 2.24) is 5.43 Å². The summed E-state index contributed by atoms with van der Waals surface area (Å²) in [4.78, 5) is 22.2. The minimum absolute atomic E-state index is 0.0165. The predicted octanol–water partition coefficient (Wildman–Crippen LogP) is 1.88. The van der Waals surface area contributed by atoms with Crippen LogP contribution in [0.2, 0.25) is 0 Å². The Bertz CT molecular complexity index is 823. The molecule has 26 heavy (non-hydrogen) atoms. The number of benzene rings is 2. The Labute approximate surface area is 148 Å². The first kappa shape index (κ1) is 18.9. The number of aliphatic hydroxyl groups is 1. The second kappa shape index (κ2) is 8.58. The first-order valence-electron chi connectivity index (χ1n) is 7.64. The largest absolute Gasteiger partial charge is 0.504 e. The van der Waals surface area contributed by atoms with Gasteiger partial charge in [-0.15, -0.1) is 0 Å². The van der Waals surface area contributed by atoms with Gasteiger partial charge < -0.3 is 14.9 Å². The average molecular weight is 359 g/mol. The highest BCUT2D eigenvalue weighted by Gasteiger charge is 2.18. The van der Waals surface area contributed by atoms with E-state index in [1.807, 2.05) is 0 Å². The maximum atomic E-state index is 11.9. The van der Waals surface area contributed by atoms with E-state index in [9.17, 15) is 25.1 Å². The standard InChI is InChI=1S/C17H17N3O6/c1-2-26-14-9-13(20(24)25)8-12(15(14)21)10-18-19-17(23)16(22)11-6-4-3-5-7-11/h3-10,16,21-22H,2H2,1H3,(H,19,23)/t16-/m0/s1. The van der Waals surface area contributed by atoms with Crippen LogP contribution >= 0.6 is 0 Å². The minimum Gasteiger partial charge on any atom is -0.504 e. The average Bonchev–Trinajstić information content (AvgIpc) is 2.64. The van der Waals surface area contributed by atoms with E-state index in [2.05, 4.69) is 10.5 Å². The molecule has 0 aromatic heterocycles. The highest BCUT2D eigenvalue weighted by molar-refractivity contribution is 5.88. The van der Waals surface area contributed by atoms with Crippen molar-refractivity contribution < 1.29 is 24.7 Å². The van der Waals surface area contributed by atoms with E-state index < -0.39 is 16.9 Å². The molecule has 1 atom stereocenters. The molecule has 0 aliphatic carbocycles. The molecule has 1 amide bonds. The number of nitro benzene ring substituents is 1. The number of rotatable bonds is 7. The van der Waals surface area contributed by atoms with Crippen molar-refractivity contribution in [2.75, 3.05) is 6.61 Å². The van der Waals surface area contributed by atoms with Crippen molar-refractivity contribution in [3.63, 3.8) is 0 Å². The first-order valence-corrected chi connectivity index (χ1v) is 7.64. The van der Waals surface area contributed by atoms with Gasteiger partial charge in [0.2, 0.25) is 0 Å². The number of nitrogens with one attached hydrogen (secondary N) is 1. The lowest BCUT2D eigenvalue weighted by Gasteiger charge is -2.09. The number of hydrogen-bond donors (Lipinski definition) is 3. The number of nitro groups is 1. The number of phenolic OH excluding ortho intramolecular Hbond substituents is 1. The molecule has 0 unspecified atom stereocenters. The zero-order valence-corrected chi connectivity index (χ0v) is 13.8. The Balaban J connectivity index is 2.16. The van der Waals surface area contributed by atoms with Gasteiger partial charge in [0, 0.05) is 11.6 Å². The van der Waals surface area contributed by atoms with E-state index in [0.29, 0.717) is 5.56 Å². The van der Waals surface area contributed by atoms with Crippen LogP contribution in [0.4, 0.5) is 5.69 Å². The summed E-state index contributed by atoms with van der Waals surface area (Å²) < 4.78 is 5.15. The van der Waals surface area contributed by atoms with Gasteiger partial charge in [-0.1, -0.05) is 30.3 Å². The fourth-order valence-corrected chi connectivity index (χ4v) is 2.10. The molecule has 2 aromatic carbocycles. The molecule has 0 bridgehead atoms. The third kappa shape index (κ3) is 4.54. The van der Waals surface area contributed by atoms with Crippen LogP contribution in [0.1, 0.15) is 24.2 Å². The molecule has 0 saturated heterocycles. The summed E-state index contributed by atoms with van der Waals surface area (Å²) in [6.45, 7) is 1.86. The smallest absolute Gasteiger partial charge is 0.274 e. The van der Waals surface area contributed by atoms with Crippen LogP contribution in [0.5, 0.6) is 11.5 Å². The Morgan fingerprint density at radius 2 is 2.08 bits per heavy atom. The molecule has 0 aliphatic heterocycles. The first-order chi connectivity index (χ1) is 12.4. The molecule has 0 heterocycles. The van der Waals surface area contributed by atoms with Gasteiger partial charge in [0.25, 0.3) is 11.6 Å². The monoisotopic (exact) mass is 359 g/mol. The zero-order chi connectivity index (χ0) is 19.1. The van der Waals surface area contributed by atoms with E-state index in [-0.39, 0.29) is 29.4 Å². The summed E-state index contributed by atoms with van der Waals surface area (Å²) in [5.74, 6) is -1.21. The Morgan fingerprint density at radius 1 is 1.38 bits per heavy atom. The van der Waals surface area contributed by atoms with Crippen molar-refractivity contribution in [1.29, 1.82) is 0 Å². The molecule has 0 aliphatic rings. The summed E-state index contributed by atoms with van der Waals surface area (Å²) in [7, 11) is 0. The summed E-state index contributed by atoms with van der Waals surface area (Å²) in [5.41, 5.74) is 2.18. The second-order valence-electron chi connectivity index (χ2n) is 5.12. The fraction of sp³-hybridized carbons (Fsp3) is 0.176. The number of carbonyl (C=O) groups excluding carboxylic acids is 1. The quantitative estimate of drug-likeness (QED) is 0.392. The summed E-state index contributed by atoms with van der Waals surface area (Å²) >= 11 is 0. The van der Waals surface area contributed by atoms with Crippen molar-refractivity contribution in [2.24, 2.45) is 5.10 Å². The van der Waals surface area contributed by atoms with Gasteiger partial charge in [0.15, 0.2) is 17.6 Å². The number of non-ortho nitro benzene ring substituents is 1. The number of ether oxygens (including phenoxy) is 1. The zero-order valence-electron chi connectivity index (χ0n) is 13.8. The molecule has 136 valence electrons. The number of hydrogen-bond acceptors (Lipinski definition) is 7. The number of carbonyl (C=O) groups is 1. The van der Waals surface area contributed by atoms with Crippen molar-refractivity contribution in [3.8, 4) is 11.5 Å². The molecular formula is C17H17N3O6. The van der Waals surface area contributed by atoms with Gasteiger partial charge in [-0.05, 0) is 12.5 Å². The highest BCUT2D eigenvalue weighted by atomic mass is 16.6. The summed E-state index contributed by atoms with van der Waals surface area (Å²) in [5, 5.41) is 34.6. The van der Waals surface area contributed by atoms with Crippen LogP contribution in [0, 0.1) is 10.1 Å². The van der Waals surface area contributed by atoms with Gasteiger partial charge in [-0.3, -0.25) is 14.9 Å². The molecule has 9 heteroatoms. The number of nitrogens with zero attached hydrogens (tertiary/aromatic N) is 2. The van der Waals surface area contributed by atoms with Crippen LogP contribution in [-0.4, -0.2) is 33.9 Å². The molecule has 0 fully saturated rings. The molecule has 3 N–H and O–H groups in total. The maximum Gasteiger partial charge on any atom is 0.274 e. The Hall–Kier alpha value is -3.46. The SMILES string of the molecule is CCOc1cc([N+](=O)[O-])cc(C=NNC(=O)[C@@H](O)c2ccccc2)c1O. The molecule has 9 nitrogen and oxygen atoms in total. The van der Waals surface area contributed by atoms with Crippen LogP contribution in [0.25, 0.3) is 0 Å². The fourth-order valence-electron chi connectivity index (χ4n) is 2.10. The third-order valence-corrected chi connectivity index (χ3v) is 3.34. The molecule has 0 spiro atoms. The highest BCUT2D eigenvalue weighted by Crippen LogP contribution is 2.33. The predicted molar refractivity (Wildman–Crippen MR) is 93.1 cm³/mol. The van der Waals surface area contributed by atoms with Gasteiger partial charge >= 0.3 is 0 Å². The maximum absolute atomic E-state index is 11.9. The normalized spacial score (nSPS) is 11.9. The van der Waals surface area contributed by atoms with Crippen molar-refractivity contribution >= 4 is 17.8 Å². The van der Waals surface area contributed by atoms with Crippen LogP contribution in [0.15, 0.2) is 47.6 Å². The number of hydrazone groups is 1. The molecule has 0 saturated carbocycles. The van der Waals surface area contributed by atoms with Crippen molar-refractivity contribution in [2.45, 2.75) is 13.0 Å². The second-order valence-corrected chi connectivity index (χ2v) is 5.12. The van der Waals surface area contributed by atoms with Gasteiger partial charge in [0.1, 0.15) is 0 Å². The topological polar surface area (TPSA) is 134 Å². The third-order valence-electron chi connectivity index (χ3n) is 3.34. The summed E-state index contributed by atoms with van der Waals surface area (Å²) in [6, 6.07) is 10.4. The van der Waals surface area contributed by atoms with E-state index >= 15 is 0 Å². The van der Waals surface area contributed by atoms with E-state index in [4.69, 9.17) is 4.74 Å². The molecule has 2 rings (SSSR count). The van der Waals surface area contributed by atoms with Crippen LogP contribution < -0.4 is 10.2 Å². The van der Waals surface area contributed by atoms with Crippen LogP contribution in [-0.2, 0) is 4.79 Å². The Morgan fingerprint density at radius 3 is 2.69 bits per heavy atom. The van der Waals surface area contributed by atoms with Gasteiger partial charge in [-0.2, -0.15) is 5.10 Å². The number of aromatic hydroxyl groups is 1. The Kier molecular flexibility index (Phi) is 6.23. The van der Waals surface area contributed by atoms with Crippen molar-refractivity contribution in [3.05, 3.63) is 63.7 Å². The van der Waals surface area contributed by atoms with E-state index in [1.165, 1.54) is 0 Å². The molecule has 0 radical (unpaired) electrons. The van der Waals surface area contributed by atoms with E-state index in [1.54, 1.807) is 37.3 Å². The number of amides is 1. The van der Waals surface area contributed by atoms with Crippen LogP contribution in [0.3, 0.4) is 0 Å². The lowest BCUT2D eigenvalue weighted by Crippen LogP contribution is -2.25. The number of aliphatic hydroxyl groups excluding tert-OH is 1. The molecular weight excluding hydrogens is 342 g/mol.